The number of likely N-dealkylation sites (N-methyl/N-ethyl adjacent to an activating group) is 1. The fourth-order valence-corrected chi connectivity index (χ4v) is 3.35. The van der Waals surface area contributed by atoms with Crippen LogP contribution in [0, 0.1) is 0 Å². The number of hydrogen-bond donors (Lipinski definition) is 1. The maximum Gasteiger partial charge on any atom is 0.193 e. The lowest BCUT2D eigenvalue weighted by Crippen LogP contribution is -2.40. The summed E-state index contributed by atoms with van der Waals surface area (Å²) < 4.78 is 12.6. The van der Waals surface area contributed by atoms with Crippen molar-refractivity contribution < 1.29 is 9.47 Å². The minimum Gasteiger partial charge on any atom is -0.493 e. The van der Waals surface area contributed by atoms with E-state index in [4.69, 9.17) is 9.47 Å². The van der Waals surface area contributed by atoms with Crippen molar-refractivity contribution in [3.05, 3.63) is 72.1 Å². The van der Waals surface area contributed by atoms with Crippen LogP contribution in [-0.2, 0) is 12.8 Å². The van der Waals surface area contributed by atoms with Gasteiger partial charge in [0.1, 0.15) is 0 Å². The SMILES string of the molecule is CN=C(NCCc1cnn(-c2ccccc2)c1)N(C)CCc1ccc(OC)c(OC)c1. The van der Waals surface area contributed by atoms with Crippen LogP contribution in [0.2, 0.25) is 0 Å². The maximum atomic E-state index is 5.40. The van der Waals surface area contributed by atoms with E-state index in [9.17, 15) is 0 Å². The average molecular weight is 422 g/mol. The van der Waals surface area contributed by atoms with Gasteiger partial charge in [0.25, 0.3) is 0 Å². The van der Waals surface area contributed by atoms with Crippen molar-refractivity contribution in [2.45, 2.75) is 12.8 Å². The second kappa shape index (κ2) is 11.1. The van der Waals surface area contributed by atoms with Crippen molar-refractivity contribution in [3.8, 4) is 17.2 Å². The molecule has 0 atom stereocenters. The van der Waals surface area contributed by atoms with Crippen LogP contribution in [0.3, 0.4) is 0 Å². The zero-order valence-corrected chi connectivity index (χ0v) is 18.7. The smallest absolute Gasteiger partial charge is 0.193 e. The topological polar surface area (TPSA) is 63.9 Å². The van der Waals surface area contributed by atoms with Crippen molar-refractivity contribution in [2.24, 2.45) is 4.99 Å². The Morgan fingerprint density at radius 2 is 1.81 bits per heavy atom. The molecule has 0 bridgehead atoms. The number of guanidine groups is 1. The third-order valence-corrected chi connectivity index (χ3v) is 5.11. The molecule has 31 heavy (non-hydrogen) atoms. The molecule has 0 spiro atoms. The Morgan fingerprint density at radius 3 is 2.52 bits per heavy atom. The molecule has 1 heterocycles. The molecule has 1 aromatic heterocycles. The van der Waals surface area contributed by atoms with Gasteiger partial charge in [-0.1, -0.05) is 24.3 Å². The standard InChI is InChI=1S/C24H31N5O2/c1-25-24(28(2)15-13-19-10-11-22(30-3)23(16-19)31-4)26-14-12-20-17-27-29(18-20)21-8-6-5-7-9-21/h5-11,16-18H,12-15H2,1-4H3,(H,25,26). The Hall–Kier alpha value is -3.48. The molecule has 0 unspecified atom stereocenters. The summed E-state index contributed by atoms with van der Waals surface area (Å²) in [6.07, 6.45) is 5.73. The minimum atomic E-state index is 0.743. The van der Waals surface area contributed by atoms with Gasteiger partial charge in [-0.2, -0.15) is 5.10 Å². The summed E-state index contributed by atoms with van der Waals surface area (Å²) in [7, 11) is 7.16. The molecule has 3 rings (SSSR count). The first-order valence-corrected chi connectivity index (χ1v) is 10.4. The normalized spacial score (nSPS) is 11.3. The van der Waals surface area contributed by atoms with Crippen LogP contribution in [0.4, 0.5) is 0 Å². The number of aliphatic imine (C=N–C) groups is 1. The Labute approximate surface area is 184 Å². The zero-order valence-electron chi connectivity index (χ0n) is 18.7. The predicted molar refractivity (Wildman–Crippen MR) is 125 cm³/mol. The molecule has 0 radical (unpaired) electrons. The highest BCUT2D eigenvalue weighted by atomic mass is 16.5. The highest BCUT2D eigenvalue weighted by Gasteiger charge is 2.09. The highest BCUT2D eigenvalue weighted by molar-refractivity contribution is 5.79. The Kier molecular flexibility index (Phi) is 7.92. The molecule has 2 aromatic carbocycles. The number of aromatic nitrogens is 2. The van der Waals surface area contributed by atoms with Crippen molar-refractivity contribution in [1.29, 1.82) is 0 Å². The van der Waals surface area contributed by atoms with Crippen LogP contribution in [0.15, 0.2) is 65.9 Å². The zero-order chi connectivity index (χ0) is 22.1. The number of para-hydroxylation sites is 1. The molecule has 1 N–H and O–H groups in total. The number of rotatable bonds is 9. The molecule has 7 heteroatoms. The quantitative estimate of drug-likeness (QED) is 0.425. The van der Waals surface area contributed by atoms with Crippen molar-refractivity contribution >= 4 is 5.96 Å². The summed E-state index contributed by atoms with van der Waals surface area (Å²) in [6.45, 7) is 1.62. The van der Waals surface area contributed by atoms with Crippen molar-refractivity contribution in [3.63, 3.8) is 0 Å². The minimum absolute atomic E-state index is 0.743. The van der Waals surface area contributed by atoms with Gasteiger partial charge >= 0.3 is 0 Å². The van der Waals surface area contributed by atoms with Gasteiger partial charge in [-0.05, 0) is 48.2 Å². The largest absolute Gasteiger partial charge is 0.493 e. The third kappa shape index (κ3) is 6.01. The average Bonchev–Trinajstić information content (AvgIpc) is 3.29. The molecule has 0 saturated heterocycles. The lowest BCUT2D eigenvalue weighted by molar-refractivity contribution is 0.354. The van der Waals surface area contributed by atoms with Crippen molar-refractivity contribution in [2.75, 3.05) is 41.4 Å². The van der Waals surface area contributed by atoms with Gasteiger partial charge in [0, 0.05) is 33.4 Å². The van der Waals surface area contributed by atoms with Gasteiger partial charge < -0.3 is 19.7 Å². The van der Waals surface area contributed by atoms with E-state index < -0.39 is 0 Å². The van der Waals surface area contributed by atoms with Crippen LogP contribution in [0.1, 0.15) is 11.1 Å². The van der Waals surface area contributed by atoms with E-state index in [-0.39, 0.29) is 0 Å². The summed E-state index contributed by atoms with van der Waals surface area (Å²) in [5.41, 5.74) is 3.43. The Morgan fingerprint density at radius 1 is 1.03 bits per heavy atom. The number of nitrogens with zero attached hydrogens (tertiary/aromatic N) is 4. The number of hydrogen-bond acceptors (Lipinski definition) is 4. The Balaban J connectivity index is 1.48. The fraction of sp³-hybridized carbons (Fsp3) is 0.333. The van der Waals surface area contributed by atoms with Gasteiger partial charge in [-0.3, -0.25) is 4.99 Å². The summed E-state index contributed by atoms with van der Waals surface area (Å²) in [5.74, 6) is 2.37. The summed E-state index contributed by atoms with van der Waals surface area (Å²) in [5, 5.41) is 7.90. The lowest BCUT2D eigenvalue weighted by atomic mass is 10.1. The van der Waals surface area contributed by atoms with Crippen LogP contribution in [-0.4, -0.2) is 62.0 Å². The molecular formula is C24H31N5O2. The van der Waals surface area contributed by atoms with Gasteiger partial charge in [0.2, 0.25) is 0 Å². The molecule has 0 amide bonds. The van der Waals surface area contributed by atoms with E-state index in [1.54, 1.807) is 14.2 Å². The van der Waals surface area contributed by atoms with Gasteiger partial charge in [0.15, 0.2) is 17.5 Å². The van der Waals surface area contributed by atoms with Gasteiger partial charge in [0.05, 0.1) is 26.1 Å². The number of ether oxygens (including phenoxy) is 2. The van der Waals surface area contributed by atoms with Crippen LogP contribution in [0.5, 0.6) is 11.5 Å². The highest BCUT2D eigenvalue weighted by Crippen LogP contribution is 2.27. The third-order valence-electron chi connectivity index (χ3n) is 5.11. The van der Waals surface area contributed by atoms with E-state index >= 15 is 0 Å². The second-order valence-electron chi connectivity index (χ2n) is 7.21. The second-order valence-corrected chi connectivity index (χ2v) is 7.21. The fourth-order valence-electron chi connectivity index (χ4n) is 3.35. The molecule has 164 valence electrons. The first kappa shape index (κ1) is 22.2. The van der Waals surface area contributed by atoms with Crippen molar-refractivity contribution in [1.82, 2.24) is 20.0 Å². The van der Waals surface area contributed by atoms with E-state index in [0.29, 0.717) is 0 Å². The molecule has 0 aliphatic rings. The van der Waals surface area contributed by atoms with Gasteiger partial charge in [-0.15, -0.1) is 0 Å². The van der Waals surface area contributed by atoms with Crippen LogP contribution < -0.4 is 14.8 Å². The van der Waals surface area contributed by atoms with Crippen LogP contribution in [0.25, 0.3) is 5.69 Å². The van der Waals surface area contributed by atoms with Gasteiger partial charge in [-0.25, -0.2) is 4.68 Å². The molecule has 0 aliphatic carbocycles. The summed E-state index contributed by atoms with van der Waals surface area (Å²) >= 11 is 0. The number of methoxy groups -OCH3 is 2. The molecule has 3 aromatic rings. The predicted octanol–water partition coefficient (Wildman–Crippen LogP) is 3.18. The molecule has 7 nitrogen and oxygen atoms in total. The lowest BCUT2D eigenvalue weighted by Gasteiger charge is -2.22. The summed E-state index contributed by atoms with van der Waals surface area (Å²) in [4.78, 5) is 6.54. The molecule has 0 saturated carbocycles. The van der Waals surface area contributed by atoms with E-state index in [1.165, 1.54) is 11.1 Å². The van der Waals surface area contributed by atoms with Crippen LogP contribution >= 0.6 is 0 Å². The summed E-state index contributed by atoms with van der Waals surface area (Å²) in [6, 6.07) is 16.2. The first-order valence-electron chi connectivity index (χ1n) is 10.4. The maximum absolute atomic E-state index is 5.40. The molecule has 0 fully saturated rings. The monoisotopic (exact) mass is 421 g/mol. The van der Waals surface area contributed by atoms with E-state index in [0.717, 1.165) is 49.1 Å². The Bertz CT molecular complexity index is 985. The van der Waals surface area contributed by atoms with E-state index in [2.05, 4.69) is 32.6 Å². The molecule has 0 aliphatic heterocycles. The molecular weight excluding hydrogens is 390 g/mol. The first-order chi connectivity index (χ1) is 15.1. The number of nitrogens with one attached hydrogen (secondary N) is 1. The number of benzene rings is 2. The van der Waals surface area contributed by atoms with E-state index in [1.807, 2.05) is 67.4 Å².